The van der Waals surface area contributed by atoms with Gasteiger partial charge in [0.25, 0.3) is 0 Å². The highest BCUT2D eigenvalue weighted by Gasteiger charge is 2.33. The predicted octanol–water partition coefficient (Wildman–Crippen LogP) is 3.25. The summed E-state index contributed by atoms with van der Waals surface area (Å²) in [5, 5.41) is 0. The van der Waals surface area contributed by atoms with Gasteiger partial charge in [0.05, 0.1) is 12.2 Å². The molecule has 18 heavy (non-hydrogen) atoms. The summed E-state index contributed by atoms with van der Waals surface area (Å²) in [5.41, 5.74) is 6.56. The van der Waals surface area contributed by atoms with Gasteiger partial charge in [-0.25, -0.2) is 4.39 Å². The molecule has 0 aromatic heterocycles. The largest absolute Gasteiger partial charge is 0.369 e. The summed E-state index contributed by atoms with van der Waals surface area (Å²) < 4.78 is 19.1. The van der Waals surface area contributed by atoms with Gasteiger partial charge in [-0.2, -0.15) is 0 Å². The highest BCUT2D eigenvalue weighted by atomic mass is 19.1. The Morgan fingerprint density at radius 2 is 2.11 bits per heavy atom. The molecule has 2 nitrogen and oxygen atoms in total. The Morgan fingerprint density at radius 1 is 1.39 bits per heavy atom. The van der Waals surface area contributed by atoms with E-state index in [4.69, 9.17) is 10.5 Å². The molecular formula is C15H22FNO. The van der Waals surface area contributed by atoms with Crippen molar-refractivity contribution < 1.29 is 9.13 Å². The first-order chi connectivity index (χ1) is 8.63. The lowest BCUT2D eigenvalue weighted by Crippen LogP contribution is -2.43. The van der Waals surface area contributed by atoms with Crippen LogP contribution in [0.15, 0.2) is 24.3 Å². The van der Waals surface area contributed by atoms with E-state index in [0.717, 1.165) is 24.3 Å². The zero-order chi connectivity index (χ0) is 13.0. The first-order valence-corrected chi connectivity index (χ1v) is 6.72. The fourth-order valence-electron chi connectivity index (χ4n) is 2.56. The molecule has 1 aliphatic rings. The van der Waals surface area contributed by atoms with E-state index in [0.29, 0.717) is 13.2 Å². The van der Waals surface area contributed by atoms with Crippen LogP contribution in [0.25, 0.3) is 0 Å². The maximum Gasteiger partial charge on any atom is 0.123 e. The number of benzene rings is 1. The topological polar surface area (TPSA) is 35.2 Å². The Balaban J connectivity index is 1.95. The van der Waals surface area contributed by atoms with Crippen molar-refractivity contribution in [1.29, 1.82) is 0 Å². The van der Waals surface area contributed by atoms with E-state index in [1.165, 1.54) is 25.0 Å². The molecule has 1 saturated carbocycles. The third-order valence-corrected chi connectivity index (χ3v) is 3.99. The highest BCUT2D eigenvalue weighted by molar-refractivity contribution is 5.15. The van der Waals surface area contributed by atoms with Crippen LogP contribution in [0.5, 0.6) is 0 Å². The van der Waals surface area contributed by atoms with Gasteiger partial charge in [0.2, 0.25) is 0 Å². The number of hydrogen-bond donors (Lipinski definition) is 1. The molecule has 0 atom stereocenters. The first kappa shape index (κ1) is 13.5. The minimum Gasteiger partial charge on any atom is -0.369 e. The van der Waals surface area contributed by atoms with Crippen LogP contribution in [-0.4, -0.2) is 12.1 Å². The second-order valence-electron chi connectivity index (χ2n) is 5.49. The van der Waals surface area contributed by atoms with E-state index in [9.17, 15) is 4.39 Å². The van der Waals surface area contributed by atoms with Crippen LogP contribution in [-0.2, 0) is 11.3 Å². The van der Waals surface area contributed by atoms with Crippen molar-refractivity contribution in [2.45, 2.75) is 44.8 Å². The number of rotatable bonds is 4. The van der Waals surface area contributed by atoms with Gasteiger partial charge in [-0.05, 0) is 49.3 Å². The van der Waals surface area contributed by atoms with Gasteiger partial charge in [0.15, 0.2) is 0 Å². The second kappa shape index (κ2) is 5.81. The molecule has 0 spiro atoms. The summed E-state index contributed by atoms with van der Waals surface area (Å²) >= 11 is 0. The summed E-state index contributed by atoms with van der Waals surface area (Å²) in [6.45, 7) is 3.27. The Hall–Kier alpha value is -0.930. The molecule has 0 radical (unpaired) electrons. The molecule has 0 unspecified atom stereocenters. The minimum absolute atomic E-state index is 0.196. The van der Waals surface area contributed by atoms with Crippen molar-refractivity contribution in [2.75, 3.05) is 6.54 Å². The van der Waals surface area contributed by atoms with Gasteiger partial charge in [-0.3, -0.25) is 0 Å². The van der Waals surface area contributed by atoms with Gasteiger partial charge in [0, 0.05) is 6.54 Å². The third-order valence-electron chi connectivity index (χ3n) is 3.99. The number of hydrogen-bond acceptors (Lipinski definition) is 2. The SMILES string of the molecule is CC1CCC(CN)(OCc2cccc(F)c2)CC1. The van der Waals surface area contributed by atoms with Gasteiger partial charge in [-0.1, -0.05) is 19.1 Å². The van der Waals surface area contributed by atoms with Crippen LogP contribution >= 0.6 is 0 Å². The van der Waals surface area contributed by atoms with Crippen molar-refractivity contribution in [3.05, 3.63) is 35.6 Å². The zero-order valence-corrected chi connectivity index (χ0v) is 11.0. The average molecular weight is 251 g/mol. The van der Waals surface area contributed by atoms with E-state index in [1.807, 2.05) is 6.07 Å². The van der Waals surface area contributed by atoms with Gasteiger partial charge < -0.3 is 10.5 Å². The van der Waals surface area contributed by atoms with Crippen molar-refractivity contribution in [1.82, 2.24) is 0 Å². The smallest absolute Gasteiger partial charge is 0.123 e. The summed E-state index contributed by atoms with van der Waals surface area (Å²) in [5.74, 6) is 0.553. The summed E-state index contributed by atoms with van der Waals surface area (Å²) in [4.78, 5) is 0. The lowest BCUT2D eigenvalue weighted by atomic mass is 9.79. The van der Waals surface area contributed by atoms with Crippen molar-refractivity contribution in [3.8, 4) is 0 Å². The summed E-state index contributed by atoms with van der Waals surface area (Å²) in [6, 6.07) is 6.57. The Kier molecular flexibility index (Phi) is 4.36. The average Bonchev–Trinajstić information content (AvgIpc) is 2.39. The van der Waals surface area contributed by atoms with Gasteiger partial charge in [-0.15, -0.1) is 0 Å². The minimum atomic E-state index is -0.213. The zero-order valence-electron chi connectivity index (χ0n) is 11.0. The van der Waals surface area contributed by atoms with Crippen LogP contribution < -0.4 is 5.73 Å². The Morgan fingerprint density at radius 3 is 2.72 bits per heavy atom. The number of ether oxygens (including phenoxy) is 1. The van der Waals surface area contributed by atoms with Crippen LogP contribution in [0, 0.1) is 11.7 Å². The molecule has 0 aliphatic heterocycles. The van der Waals surface area contributed by atoms with Gasteiger partial charge >= 0.3 is 0 Å². The molecule has 0 bridgehead atoms. The van der Waals surface area contributed by atoms with Crippen molar-refractivity contribution in [2.24, 2.45) is 11.7 Å². The van der Waals surface area contributed by atoms with Crippen LogP contribution in [0.1, 0.15) is 38.2 Å². The van der Waals surface area contributed by atoms with E-state index in [-0.39, 0.29) is 11.4 Å². The quantitative estimate of drug-likeness (QED) is 0.891. The molecule has 2 rings (SSSR count). The molecule has 1 aromatic carbocycles. The van der Waals surface area contributed by atoms with E-state index >= 15 is 0 Å². The van der Waals surface area contributed by atoms with Gasteiger partial charge in [0.1, 0.15) is 5.82 Å². The highest BCUT2D eigenvalue weighted by Crippen LogP contribution is 2.34. The van der Waals surface area contributed by atoms with Crippen LogP contribution in [0.3, 0.4) is 0 Å². The Bertz CT molecular complexity index is 386. The molecule has 1 aromatic rings. The van der Waals surface area contributed by atoms with Crippen LogP contribution in [0.2, 0.25) is 0 Å². The molecular weight excluding hydrogens is 229 g/mol. The molecule has 100 valence electrons. The van der Waals surface area contributed by atoms with E-state index in [1.54, 1.807) is 6.07 Å². The number of halogens is 1. The fourth-order valence-corrected chi connectivity index (χ4v) is 2.56. The standard InChI is InChI=1S/C15H22FNO/c1-12-5-7-15(11-17,8-6-12)18-10-13-3-2-4-14(16)9-13/h2-4,9,12H,5-8,10-11,17H2,1H3. The molecule has 0 heterocycles. The van der Waals surface area contributed by atoms with Crippen LogP contribution in [0.4, 0.5) is 4.39 Å². The normalized spacial score (nSPS) is 28.3. The molecule has 0 amide bonds. The monoisotopic (exact) mass is 251 g/mol. The maximum atomic E-state index is 13.1. The molecule has 0 saturated heterocycles. The van der Waals surface area contributed by atoms with Crippen molar-refractivity contribution >= 4 is 0 Å². The fraction of sp³-hybridized carbons (Fsp3) is 0.600. The lowest BCUT2D eigenvalue weighted by Gasteiger charge is -2.38. The second-order valence-corrected chi connectivity index (χ2v) is 5.49. The van der Waals surface area contributed by atoms with E-state index in [2.05, 4.69) is 6.92 Å². The Labute approximate surface area is 108 Å². The predicted molar refractivity (Wildman–Crippen MR) is 70.6 cm³/mol. The maximum absolute atomic E-state index is 13.1. The molecule has 2 N–H and O–H groups in total. The third kappa shape index (κ3) is 3.30. The molecule has 1 fully saturated rings. The summed E-state index contributed by atoms with van der Waals surface area (Å²) in [7, 11) is 0. The van der Waals surface area contributed by atoms with E-state index < -0.39 is 0 Å². The lowest BCUT2D eigenvalue weighted by molar-refractivity contribution is -0.0800. The first-order valence-electron chi connectivity index (χ1n) is 6.72. The molecule has 3 heteroatoms. The number of nitrogens with two attached hydrogens (primary N) is 1. The molecule has 1 aliphatic carbocycles. The van der Waals surface area contributed by atoms with Crippen molar-refractivity contribution in [3.63, 3.8) is 0 Å². The summed E-state index contributed by atoms with van der Waals surface area (Å²) in [6.07, 6.45) is 4.36.